The van der Waals surface area contributed by atoms with Gasteiger partial charge in [-0.15, -0.1) is 0 Å². The second-order valence-electron chi connectivity index (χ2n) is 8.12. The number of carbonyl (C=O) groups is 1. The van der Waals surface area contributed by atoms with Crippen molar-refractivity contribution in [2.24, 2.45) is 4.99 Å². The molecule has 0 unspecified atom stereocenters. The Kier molecular flexibility index (Phi) is 6.57. The van der Waals surface area contributed by atoms with E-state index >= 15 is 0 Å². The van der Waals surface area contributed by atoms with Crippen molar-refractivity contribution in [1.29, 1.82) is 0 Å². The van der Waals surface area contributed by atoms with E-state index < -0.39 is 0 Å². The van der Waals surface area contributed by atoms with Crippen LogP contribution in [0.15, 0.2) is 80.5 Å². The summed E-state index contributed by atoms with van der Waals surface area (Å²) in [5, 5.41) is 3.96. The molecule has 2 aliphatic rings. The van der Waals surface area contributed by atoms with E-state index in [1.165, 1.54) is 11.8 Å². The summed E-state index contributed by atoms with van der Waals surface area (Å²) in [5.41, 5.74) is 1.97. The topological polar surface area (TPSA) is 45.1 Å². The largest absolute Gasteiger partial charge is 0.497 e. The predicted octanol–water partition coefficient (Wildman–Crippen LogP) is 7.01. The van der Waals surface area contributed by atoms with Crippen LogP contribution in [-0.2, 0) is 4.79 Å². The second kappa shape index (κ2) is 9.76. The van der Waals surface area contributed by atoms with Gasteiger partial charge in [-0.2, -0.15) is 0 Å². The Labute approximate surface area is 208 Å². The number of anilines is 1. The van der Waals surface area contributed by atoms with Gasteiger partial charge in [-0.3, -0.25) is 9.69 Å². The standard InChI is InChI=1S/C27H27N3O2S2/c1-4-6-16-30-25(31)24(26-29(5-2)22-17-19(32-3)14-15-23(22)33-26)34-27(30)28-21-13-9-11-18-10-7-8-12-20(18)21/h7-15,17H,4-6,16H2,1-3H3/b26-24-,28-27?. The number of amidine groups is 1. The number of unbranched alkanes of at least 4 members (excludes halogenated alkanes) is 1. The first kappa shape index (κ1) is 22.9. The van der Waals surface area contributed by atoms with E-state index in [0.717, 1.165) is 67.3 Å². The van der Waals surface area contributed by atoms with Crippen molar-refractivity contribution in [3.05, 3.63) is 70.6 Å². The molecule has 1 saturated heterocycles. The Morgan fingerprint density at radius 3 is 2.59 bits per heavy atom. The summed E-state index contributed by atoms with van der Waals surface area (Å²) in [5.74, 6) is 0.857. The maximum absolute atomic E-state index is 13.7. The molecule has 0 spiro atoms. The van der Waals surface area contributed by atoms with Crippen molar-refractivity contribution in [2.75, 3.05) is 25.1 Å². The fourth-order valence-electron chi connectivity index (χ4n) is 4.21. The van der Waals surface area contributed by atoms with E-state index in [1.807, 2.05) is 41.3 Å². The molecule has 2 aliphatic heterocycles. The number of thioether (sulfide) groups is 2. The van der Waals surface area contributed by atoms with Gasteiger partial charge in [0.15, 0.2) is 5.17 Å². The lowest BCUT2D eigenvalue weighted by atomic mass is 10.1. The number of aliphatic imine (C=N–C) groups is 1. The van der Waals surface area contributed by atoms with Crippen LogP contribution in [0.2, 0.25) is 0 Å². The molecule has 1 fully saturated rings. The molecule has 5 rings (SSSR count). The molecule has 34 heavy (non-hydrogen) atoms. The lowest BCUT2D eigenvalue weighted by molar-refractivity contribution is -0.122. The number of hydrogen-bond acceptors (Lipinski definition) is 6. The summed E-state index contributed by atoms with van der Waals surface area (Å²) in [4.78, 5) is 24.7. The molecule has 2 heterocycles. The number of hydrogen-bond donors (Lipinski definition) is 0. The van der Waals surface area contributed by atoms with Gasteiger partial charge in [-0.25, -0.2) is 4.99 Å². The van der Waals surface area contributed by atoms with E-state index in [2.05, 4.69) is 43.0 Å². The summed E-state index contributed by atoms with van der Waals surface area (Å²) < 4.78 is 5.44. The molecule has 3 aromatic rings. The average Bonchev–Trinajstić information content (AvgIpc) is 3.38. The van der Waals surface area contributed by atoms with Crippen LogP contribution in [0.25, 0.3) is 10.8 Å². The molecule has 0 N–H and O–H groups in total. The summed E-state index contributed by atoms with van der Waals surface area (Å²) in [6.07, 6.45) is 1.95. The van der Waals surface area contributed by atoms with Crippen molar-refractivity contribution in [2.45, 2.75) is 31.6 Å². The molecule has 0 radical (unpaired) electrons. The normalized spacial score (nSPS) is 18.9. The number of fused-ring (bicyclic) bond motifs is 2. The number of benzene rings is 3. The van der Waals surface area contributed by atoms with Gasteiger partial charge in [-0.1, -0.05) is 61.5 Å². The lowest BCUT2D eigenvalue weighted by Crippen LogP contribution is -2.30. The van der Waals surface area contributed by atoms with Crippen molar-refractivity contribution < 1.29 is 9.53 Å². The van der Waals surface area contributed by atoms with Crippen molar-refractivity contribution in [3.63, 3.8) is 0 Å². The predicted molar refractivity (Wildman–Crippen MR) is 144 cm³/mol. The number of ether oxygens (including phenoxy) is 1. The molecule has 7 heteroatoms. The van der Waals surface area contributed by atoms with E-state index in [1.54, 1.807) is 18.9 Å². The number of nitrogens with zero attached hydrogens (tertiary/aromatic N) is 3. The van der Waals surface area contributed by atoms with E-state index in [0.29, 0.717) is 6.54 Å². The van der Waals surface area contributed by atoms with E-state index in [9.17, 15) is 4.79 Å². The summed E-state index contributed by atoms with van der Waals surface area (Å²) in [6, 6.07) is 20.5. The van der Waals surface area contributed by atoms with Gasteiger partial charge in [-0.05, 0) is 48.7 Å². The smallest absolute Gasteiger partial charge is 0.269 e. The summed E-state index contributed by atoms with van der Waals surface area (Å²) in [7, 11) is 1.68. The van der Waals surface area contributed by atoms with Gasteiger partial charge in [0.2, 0.25) is 0 Å². The van der Waals surface area contributed by atoms with Crippen molar-refractivity contribution >= 4 is 56.7 Å². The molecular weight excluding hydrogens is 462 g/mol. The number of carbonyl (C=O) groups excluding carboxylic acids is 1. The minimum Gasteiger partial charge on any atom is -0.497 e. The highest BCUT2D eigenvalue weighted by atomic mass is 32.2. The zero-order valence-electron chi connectivity index (χ0n) is 19.6. The van der Waals surface area contributed by atoms with Crippen LogP contribution in [0.1, 0.15) is 26.7 Å². The van der Waals surface area contributed by atoms with Crippen LogP contribution < -0.4 is 9.64 Å². The van der Waals surface area contributed by atoms with Gasteiger partial charge in [0.1, 0.15) is 15.7 Å². The van der Waals surface area contributed by atoms with E-state index in [4.69, 9.17) is 9.73 Å². The zero-order valence-corrected chi connectivity index (χ0v) is 21.2. The first-order chi connectivity index (χ1) is 16.6. The molecule has 3 aromatic carbocycles. The highest BCUT2D eigenvalue weighted by molar-refractivity contribution is 8.19. The highest BCUT2D eigenvalue weighted by Gasteiger charge is 2.39. The Balaban J connectivity index is 1.58. The molecule has 1 amide bonds. The van der Waals surface area contributed by atoms with Gasteiger partial charge < -0.3 is 9.64 Å². The van der Waals surface area contributed by atoms with E-state index in [-0.39, 0.29) is 5.91 Å². The highest BCUT2D eigenvalue weighted by Crippen LogP contribution is 2.51. The first-order valence-electron chi connectivity index (χ1n) is 11.6. The fourth-order valence-corrected chi connectivity index (χ4v) is 6.60. The van der Waals surface area contributed by atoms with Crippen LogP contribution in [0.5, 0.6) is 5.75 Å². The number of methoxy groups -OCH3 is 1. The van der Waals surface area contributed by atoms with Gasteiger partial charge in [0.25, 0.3) is 5.91 Å². The summed E-state index contributed by atoms with van der Waals surface area (Å²) >= 11 is 3.14. The van der Waals surface area contributed by atoms with Crippen molar-refractivity contribution in [1.82, 2.24) is 4.90 Å². The number of amides is 1. The van der Waals surface area contributed by atoms with Crippen LogP contribution in [-0.4, -0.2) is 36.2 Å². The van der Waals surface area contributed by atoms with Crippen molar-refractivity contribution in [3.8, 4) is 5.75 Å². The summed E-state index contributed by atoms with van der Waals surface area (Å²) in [6.45, 7) is 5.69. The maximum Gasteiger partial charge on any atom is 0.269 e. The van der Waals surface area contributed by atoms with Crippen LogP contribution in [0.4, 0.5) is 11.4 Å². The molecule has 5 nitrogen and oxygen atoms in total. The zero-order chi connectivity index (χ0) is 23.7. The maximum atomic E-state index is 13.7. The minimum atomic E-state index is 0.0400. The molecule has 0 atom stereocenters. The fraction of sp³-hybridized carbons (Fsp3) is 0.259. The SMILES string of the molecule is CCCCN1C(=O)/C(=C2/Sc3ccc(OC)cc3N2CC)SC1=Nc1cccc2ccccc12. The third-order valence-electron chi connectivity index (χ3n) is 6.00. The van der Waals surface area contributed by atoms with Gasteiger partial charge in [0, 0.05) is 29.4 Å². The Hall–Kier alpha value is -2.90. The first-order valence-corrected chi connectivity index (χ1v) is 13.2. The molecule has 0 aromatic heterocycles. The third kappa shape index (κ3) is 4.07. The average molecular weight is 490 g/mol. The minimum absolute atomic E-state index is 0.0400. The lowest BCUT2D eigenvalue weighted by Gasteiger charge is -2.19. The Morgan fingerprint density at radius 1 is 0.971 bits per heavy atom. The monoisotopic (exact) mass is 489 g/mol. The van der Waals surface area contributed by atoms with Crippen LogP contribution in [0, 0.1) is 0 Å². The molecule has 174 valence electrons. The Bertz CT molecular complexity index is 1310. The molecule has 0 aliphatic carbocycles. The molecule has 0 saturated carbocycles. The Morgan fingerprint density at radius 2 is 1.79 bits per heavy atom. The molecule has 0 bridgehead atoms. The quantitative estimate of drug-likeness (QED) is 0.348. The van der Waals surface area contributed by atoms with Gasteiger partial charge in [0.05, 0.1) is 18.5 Å². The number of rotatable bonds is 6. The third-order valence-corrected chi connectivity index (χ3v) is 8.38. The molecular formula is C27H27N3O2S2. The van der Waals surface area contributed by atoms with Gasteiger partial charge >= 0.3 is 0 Å². The van der Waals surface area contributed by atoms with Crippen LogP contribution >= 0.6 is 23.5 Å². The van der Waals surface area contributed by atoms with Crippen LogP contribution in [0.3, 0.4) is 0 Å². The second-order valence-corrected chi connectivity index (χ2v) is 10.1.